The Balaban J connectivity index is 1.71. The van der Waals surface area contributed by atoms with Crippen molar-refractivity contribution in [2.75, 3.05) is 11.4 Å². The van der Waals surface area contributed by atoms with Crippen LogP contribution in [-0.2, 0) is 11.3 Å². The fourth-order valence-electron chi connectivity index (χ4n) is 4.37. The lowest BCUT2D eigenvalue weighted by Gasteiger charge is -2.22. The number of anilines is 1. The van der Waals surface area contributed by atoms with Gasteiger partial charge in [-0.1, -0.05) is 121 Å². The van der Waals surface area contributed by atoms with E-state index in [0.29, 0.717) is 18.5 Å². The third-order valence-electron chi connectivity index (χ3n) is 6.58. The fourth-order valence-corrected chi connectivity index (χ4v) is 4.37. The zero-order valence-electron chi connectivity index (χ0n) is 22.1. The largest absolute Gasteiger partial charge is 0.444 e. The van der Waals surface area contributed by atoms with E-state index < -0.39 is 11.9 Å². The van der Waals surface area contributed by atoms with Crippen LogP contribution in [0.4, 0.5) is 14.9 Å². The van der Waals surface area contributed by atoms with Crippen molar-refractivity contribution in [3.8, 4) is 0 Å². The van der Waals surface area contributed by atoms with E-state index in [1.165, 1.54) is 87.7 Å². The van der Waals surface area contributed by atoms with E-state index in [1.54, 1.807) is 6.07 Å². The second-order valence-corrected chi connectivity index (χ2v) is 9.61. The summed E-state index contributed by atoms with van der Waals surface area (Å²) in [6, 6.07) is 13.7. The van der Waals surface area contributed by atoms with Crippen LogP contribution in [0, 0.1) is 5.82 Å². The maximum atomic E-state index is 14.2. The lowest BCUT2D eigenvalue weighted by Crippen LogP contribution is -2.32. The van der Waals surface area contributed by atoms with Crippen LogP contribution in [0.1, 0.15) is 113 Å². The number of unbranched alkanes of at least 4 members (excludes halogenated alkanes) is 13. The highest BCUT2D eigenvalue weighted by Crippen LogP contribution is 2.21. The molecule has 0 atom stereocenters. The topological polar surface area (TPSA) is 46.6 Å². The lowest BCUT2D eigenvalue weighted by molar-refractivity contribution is 0.111. The van der Waals surface area contributed by atoms with Gasteiger partial charge in [-0.2, -0.15) is 0 Å². The molecule has 0 unspecified atom stereocenters. The molecule has 0 bridgehead atoms. The molecule has 0 saturated carbocycles. The first kappa shape index (κ1) is 29.5. The molecule has 2 aromatic rings. The molecular formula is C31H44FNO3. The number of carbonyl (C=O) groups is 2. The van der Waals surface area contributed by atoms with E-state index in [-0.39, 0.29) is 12.2 Å². The van der Waals surface area contributed by atoms with Crippen molar-refractivity contribution in [3.05, 3.63) is 65.5 Å². The van der Waals surface area contributed by atoms with Crippen LogP contribution in [0.25, 0.3) is 0 Å². The number of amides is 1. The molecule has 0 fully saturated rings. The number of benzene rings is 2. The van der Waals surface area contributed by atoms with E-state index in [2.05, 4.69) is 6.92 Å². The van der Waals surface area contributed by atoms with Gasteiger partial charge < -0.3 is 4.74 Å². The Hall–Kier alpha value is -2.69. The van der Waals surface area contributed by atoms with Gasteiger partial charge in [-0.25, -0.2) is 9.18 Å². The van der Waals surface area contributed by atoms with Crippen molar-refractivity contribution < 1.29 is 18.7 Å². The molecule has 0 aliphatic carbocycles. The molecule has 36 heavy (non-hydrogen) atoms. The summed E-state index contributed by atoms with van der Waals surface area (Å²) < 4.78 is 19.7. The summed E-state index contributed by atoms with van der Waals surface area (Å²) in [5.74, 6) is -0.635. The van der Waals surface area contributed by atoms with Crippen molar-refractivity contribution in [1.82, 2.24) is 0 Å². The van der Waals surface area contributed by atoms with Gasteiger partial charge >= 0.3 is 6.09 Å². The Bertz CT molecular complexity index is 871. The van der Waals surface area contributed by atoms with E-state index in [1.807, 2.05) is 30.3 Å². The minimum absolute atomic E-state index is 0.0205. The minimum Gasteiger partial charge on any atom is -0.444 e. The molecule has 0 aliphatic heterocycles. The SMILES string of the molecule is CCCCCCCCCCCCCCCCN(C(=O)OCc1ccccc1)c1ccc(C=O)c(F)c1. The van der Waals surface area contributed by atoms with Gasteiger partial charge in [0.15, 0.2) is 6.29 Å². The highest BCUT2D eigenvalue weighted by molar-refractivity contribution is 5.88. The molecule has 2 aromatic carbocycles. The number of hydrogen-bond acceptors (Lipinski definition) is 3. The van der Waals surface area contributed by atoms with Crippen LogP contribution in [0.15, 0.2) is 48.5 Å². The van der Waals surface area contributed by atoms with Crippen LogP contribution < -0.4 is 4.90 Å². The Morgan fingerprint density at radius 1 is 0.806 bits per heavy atom. The van der Waals surface area contributed by atoms with Crippen molar-refractivity contribution in [2.24, 2.45) is 0 Å². The molecule has 0 N–H and O–H groups in total. The minimum atomic E-state index is -0.635. The maximum Gasteiger partial charge on any atom is 0.414 e. The number of aldehydes is 1. The fraction of sp³-hybridized carbons (Fsp3) is 0.548. The summed E-state index contributed by atoms with van der Waals surface area (Å²) in [4.78, 5) is 25.3. The monoisotopic (exact) mass is 497 g/mol. The predicted molar refractivity (Wildman–Crippen MR) is 146 cm³/mol. The first-order valence-corrected chi connectivity index (χ1v) is 13.9. The molecule has 0 aromatic heterocycles. The summed E-state index contributed by atoms with van der Waals surface area (Å²) in [6.45, 7) is 2.86. The normalized spacial score (nSPS) is 10.8. The van der Waals surface area contributed by atoms with Crippen molar-refractivity contribution in [1.29, 1.82) is 0 Å². The van der Waals surface area contributed by atoms with Crippen molar-refractivity contribution >= 4 is 18.1 Å². The van der Waals surface area contributed by atoms with E-state index in [4.69, 9.17) is 4.74 Å². The van der Waals surface area contributed by atoms with Gasteiger partial charge in [-0.3, -0.25) is 9.69 Å². The van der Waals surface area contributed by atoms with Crippen LogP contribution >= 0.6 is 0 Å². The summed E-state index contributed by atoms with van der Waals surface area (Å²) in [5, 5.41) is 0. The van der Waals surface area contributed by atoms with Gasteiger partial charge in [0.1, 0.15) is 12.4 Å². The zero-order valence-corrected chi connectivity index (χ0v) is 22.1. The third kappa shape index (κ3) is 11.8. The molecule has 0 spiro atoms. The summed E-state index contributed by atoms with van der Waals surface area (Å²) in [5.41, 5.74) is 1.28. The number of carbonyl (C=O) groups excluding carboxylic acids is 2. The van der Waals surface area contributed by atoms with Gasteiger partial charge in [0.2, 0.25) is 0 Å². The van der Waals surface area contributed by atoms with Crippen LogP contribution in [-0.4, -0.2) is 18.9 Å². The Morgan fingerprint density at radius 2 is 1.36 bits per heavy atom. The van der Waals surface area contributed by atoms with Crippen LogP contribution in [0.3, 0.4) is 0 Å². The summed E-state index contributed by atoms with van der Waals surface area (Å²) in [7, 11) is 0. The first-order chi connectivity index (χ1) is 17.7. The van der Waals surface area contributed by atoms with Gasteiger partial charge in [-0.05, 0) is 30.2 Å². The van der Waals surface area contributed by atoms with Gasteiger partial charge in [0.25, 0.3) is 0 Å². The first-order valence-electron chi connectivity index (χ1n) is 13.9. The number of rotatable bonds is 19. The van der Waals surface area contributed by atoms with Gasteiger partial charge in [-0.15, -0.1) is 0 Å². The standard InChI is InChI=1S/C31H44FNO3/c1-2-3-4-5-6-7-8-9-10-11-12-13-14-18-23-33(29-22-21-28(25-34)30(32)24-29)31(35)36-26-27-19-16-15-17-20-27/h15-17,19-22,24-25H,2-14,18,23,26H2,1H3. The predicted octanol–water partition coefficient (Wildman–Crippen LogP) is 9.26. The average Bonchev–Trinajstić information content (AvgIpc) is 2.90. The Kier molecular flexibility index (Phi) is 15.2. The van der Waals surface area contributed by atoms with Crippen LogP contribution in [0.5, 0.6) is 0 Å². The highest BCUT2D eigenvalue weighted by Gasteiger charge is 2.18. The van der Waals surface area contributed by atoms with Gasteiger partial charge in [0, 0.05) is 12.2 Å². The van der Waals surface area contributed by atoms with E-state index in [9.17, 15) is 14.0 Å². The van der Waals surface area contributed by atoms with Crippen LogP contribution in [0.2, 0.25) is 0 Å². The number of hydrogen-bond donors (Lipinski definition) is 0. The maximum absolute atomic E-state index is 14.2. The average molecular weight is 498 g/mol. The molecule has 1 amide bonds. The van der Waals surface area contributed by atoms with Gasteiger partial charge in [0.05, 0.1) is 5.56 Å². The molecular weight excluding hydrogens is 453 g/mol. The third-order valence-corrected chi connectivity index (χ3v) is 6.58. The number of halogens is 1. The summed E-state index contributed by atoms with van der Waals surface area (Å²) >= 11 is 0. The second-order valence-electron chi connectivity index (χ2n) is 9.61. The molecule has 5 heteroatoms. The number of nitrogens with zero attached hydrogens (tertiary/aromatic N) is 1. The van der Waals surface area contributed by atoms with E-state index in [0.717, 1.165) is 24.8 Å². The van der Waals surface area contributed by atoms with E-state index >= 15 is 0 Å². The Morgan fingerprint density at radius 3 is 1.89 bits per heavy atom. The molecule has 0 saturated heterocycles. The lowest BCUT2D eigenvalue weighted by atomic mass is 10.0. The molecule has 198 valence electrons. The van der Waals surface area contributed by atoms with Crippen molar-refractivity contribution in [3.63, 3.8) is 0 Å². The molecule has 0 heterocycles. The molecule has 0 aliphatic rings. The quantitative estimate of drug-likeness (QED) is 0.143. The van der Waals surface area contributed by atoms with Crippen molar-refractivity contribution in [2.45, 2.75) is 103 Å². The zero-order chi connectivity index (χ0) is 25.8. The smallest absolute Gasteiger partial charge is 0.414 e. The molecule has 0 radical (unpaired) electrons. The second kappa shape index (κ2) is 18.6. The highest BCUT2D eigenvalue weighted by atomic mass is 19.1. The molecule has 2 rings (SSSR count). The Labute approximate surface area is 217 Å². The number of ether oxygens (including phenoxy) is 1. The molecule has 4 nitrogen and oxygen atoms in total. The summed E-state index contributed by atoms with van der Waals surface area (Å²) in [6.07, 6.45) is 17.6.